The normalized spacial score (nSPS) is 16.4. The predicted molar refractivity (Wildman–Crippen MR) is 134 cm³/mol. The maximum Gasteiger partial charge on any atom is 0.308 e. The Balaban J connectivity index is 1.66. The van der Waals surface area contributed by atoms with E-state index in [-0.39, 0.29) is 17.7 Å². The summed E-state index contributed by atoms with van der Waals surface area (Å²) in [5, 5.41) is 4.25. The van der Waals surface area contributed by atoms with Gasteiger partial charge in [0.25, 0.3) is 11.6 Å². The summed E-state index contributed by atoms with van der Waals surface area (Å²) in [7, 11) is 1.45. The topological polar surface area (TPSA) is 97.8 Å². The van der Waals surface area contributed by atoms with Gasteiger partial charge in [0.15, 0.2) is 0 Å². The third-order valence-electron chi connectivity index (χ3n) is 6.12. The molecule has 1 aliphatic rings. The number of nitrogens with one attached hydrogen (secondary N) is 1. The molecule has 2 amide bonds. The van der Waals surface area contributed by atoms with Crippen LogP contribution in [0.5, 0.6) is 5.75 Å². The molecule has 9 heteroatoms. The first-order valence-electron chi connectivity index (χ1n) is 11.5. The Kier molecular flexibility index (Phi) is 6.04. The van der Waals surface area contributed by atoms with Gasteiger partial charge in [-0.25, -0.2) is 4.39 Å². The summed E-state index contributed by atoms with van der Waals surface area (Å²) >= 11 is 0. The van der Waals surface area contributed by atoms with Gasteiger partial charge in [-0.1, -0.05) is 31.2 Å². The van der Waals surface area contributed by atoms with E-state index in [4.69, 9.17) is 9.47 Å². The van der Waals surface area contributed by atoms with Gasteiger partial charge in [-0.05, 0) is 53.9 Å². The van der Waals surface area contributed by atoms with Gasteiger partial charge < -0.3 is 14.8 Å². The lowest BCUT2D eigenvalue weighted by Gasteiger charge is -2.29. The first-order valence-corrected chi connectivity index (χ1v) is 11.5. The number of benzene rings is 3. The average molecular weight is 499 g/mol. The van der Waals surface area contributed by atoms with Crippen molar-refractivity contribution in [3.8, 4) is 5.75 Å². The summed E-state index contributed by atoms with van der Waals surface area (Å²) in [4.78, 5) is 45.7. The Morgan fingerprint density at radius 2 is 1.76 bits per heavy atom. The minimum Gasteiger partial charge on any atom is -0.497 e. The minimum absolute atomic E-state index is 0.0306. The summed E-state index contributed by atoms with van der Waals surface area (Å²) < 4.78 is 24.7. The maximum atomic E-state index is 14.1. The monoisotopic (exact) mass is 499 g/mol. The number of carbonyl (C=O) groups is 3. The highest BCUT2D eigenvalue weighted by molar-refractivity contribution is 6.14. The molecule has 0 bridgehead atoms. The van der Waals surface area contributed by atoms with E-state index in [1.165, 1.54) is 42.3 Å². The number of anilines is 2. The Bertz CT molecular complexity index is 1540. The summed E-state index contributed by atoms with van der Waals surface area (Å²) in [5.74, 6) is -2.29. The number of hydrogen-bond donors (Lipinski definition) is 1. The van der Waals surface area contributed by atoms with Crippen molar-refractivity contribution in [2.24, 2.45) is 0 Å². The molecule has 0 saturated carbocycles. The van der Waals surface area contributed by atoms with Crippen molar-refractivity contribution >= 4 is 39.9 Å². The molecule has 0 spiro atoms. The predicted octanol–water partition coefficient (Wildman–Crippen LogP) is 4.60. The largest absolute Gasteiger partial charge is 0.497 e. The van der Waals surface area contributed by atoms with Crippen molar-refractivity contribution < 1.29 is 28.2 Å². The molecule has 5 rings (SSSR count). The van der Waals surface area contributed by atoms with Crippen LogP contribution in [0, 0.1) is 5.82 Å². The fourth-order valence-corrected chi connectivity index (χ4v) is 4.27. The van der Waals surface area contributed by atoms with E-state index in [2.05, 4.69) is 10.3 Å². The molecule has 0 radical (unpaired) electrons. The van der Waals surface area contributed by atoms with Gasteiger partial charge in [0.05, 0.1) is 18.4 Å². The average Bonchev–Trinajstić information content (AvgIpc) is 3.15. The van der Waals surface area contributed by atoms with E-state index in [1.54, 1.807) is 31.3 Å². The van der Waals surface area contributed by atoms with Crippen LogP contribution in [0.3, 0.4) is 0 Å². The van der Waals surface area contributed by atoms with Gasteiger partial charge in [-0.3, -0.25) is 24.3 Å². The quantitative estimate of drug-likeness (QED) is 0.308. The van der Waals surface area contributed by atoms with E-state index in [0.717, 1.165) is 10.8 Å². The number of amides is 2. The second-order valence-corrected chi connectivity index (χ2v) is 8.38. The highest BCUT2D eigenvalue weighted by atomic mass is 19.1. The van der Waals surface area contributed by atoms with Gasteiger partial charge in [0, 0.05) is 23.7 Å². The van der Waals surface area contributed by atoms with Crippen molar-refractivity contribution in [1.29, 1.82) is 0 Å². The van der Waals surface area contributed by atoms with Gasteiger partial charge in [-0.15, -0.1) is 0 Å². The Hall–Kier alpha value is -4.79. The van der Waals surface area contributed by atoms with Gasteiger partial charge in [0.2, 0.25) is 0 Å². The first kappa shape index (κ1) is 23.9. The van der Waals surface area contributed by atoms with Crippen LogP contribution < -0.4 is 15.0 Å². The van der Waals surface area contributed by atoms with E-state index in [9.17, 15) is 18.8 Å². The summed E-state index contributed by atoms with van der Waals surface area (Å²) in [6, 6.07) is 19.0. The number of esters is 1. The molecule has 1 aromatic heterocycles. The fourth-order valence-electron chi connectivity index (χ4n) is 4.27. The third kappa shape index (κ3) is 4.14. The standard InChI is InChI=1S/C28H22FN3O5/c1-3-25(33)37-28(31-26(34)23-14-17-6-4-5-7-18(17)16-30-23)22-15-21(36-2)12-13-24(22)32(27(28)35)20-10-8-19(29)9-11-20/h4-16H,3H2,1-2H3,(H,31,34). The molecule has 1 unspecified atom stereocenters. The molecular formula is C28H22FN3O5. The zero-order chi connectivity index (χ0) is 26.2. The number of pyridine rings is 1. The van der Waals surface area contributed by atoms with Gasteiger partial charge in [0.1, 0.15) is 17.3 Å². The molecule has 37 heavy (non-hydrogen) atoms. The number of aromatic nitrogens is 1. The molecule has 4 aromatic rings. The number of rotatable bonds is 6. The Labute approximate surface area is 211 Å². The second-order valence-electron chi connectivity index (χ2n) is 8.38. The van der Waals surface area contributed by atoms with E-state index >= 15 is 0 Å². The number of halogens is 1. The fraction of sp³-hybridized carbons (Fsp3) is 0.143. The number of carbonyl (C=O) groups excluding carboxylic acids is 3. The molecular weight excluding hydrogens is 477 g/mol. The molecule has 0 saturated heterocycles. The third-order valence-corrected chi connectivity index (χ3v) is 6.12. The van der Waals surface area contributed by atoms with E-state index in [0.29, 0.717) is 17.1 Å². The molecule has 2 heterocycles. The highest BCUT2D eigenvalue weighted by Crippen LogP contribution is 2.46. The van der Waals surface area contributed by atoms with Crippen LogP contribution in [0.2, 0.25) is 0 Å². The number of methoxy groups -OCH3 is 1. The van der Waals surface area contributed by atoms with Crippen LogP contribution in [0.25, 0.3) is 10.8 Å². The lowest BCUT2D eigenvalue weighted by molar-refractivity contribution is -0.170. The van der Waals surface area contributed by atoms with Crippen molar-refractivity contribution in [1.82, 2.24) is 10.3 Å². The Morgan fingerprint density at radius 1 is 1.03 bits per heavy atom. The number of nitrogens with zero attached hydrogens (tertiary/aromatic N) is 2. The van der Waals surface area contributed by atoms with Crippen LogP contribution in [0.1, 0.15) is 29.4 Å². The summed E-state index contributed by atoms with van der Waals surface area (Å²) in [6.07, 6.45) is 1.50. The van der Waals surface area contributed by atoms with Crippen LogP contribution in [0.4, 0.5) is 15.8 Å². The zero-order valence-electron chi connectivity index (χ0n) is 20.0. The van der Waals surface area contributed by atoms with Crippen LogP contribution >= 0.6 is 0 Å². The molecule has 1 N–H and O–H groups in total. The van der Waals surface area contributed by atoms with Crippen molar-refractivity contribution in [3.63, 3.8) is 0 Å². The summed E-state index contributed by atoms with van der Waals surface area (Å²) in [5.41, 5.74) is -1.32. The van der Waals surface area contributed by atoms with E-state index < -0.39 is 29.3 Å². The smallest absolute Gasteiger partial charge is 0.308 e. The number of hydrogen-bond acceptors (Lipinski definition) is 6. The van der Waals surface area contributed by atoms with Crippen molar-refractivity contribution in [2.45, 2.75) is 19.1 Å². The molecule has 8 nitrogen and oxygen atoms in total. The maximum absolute atomic E-state index is 14.1. The first-order chi connectivity index (χ1) is 17.9. The Morgan fingerprint density at radius 3 is 2.46 bits per heavy atom. The zero-order valence-corrected chi connectivity index (χ0v) is 20.0. The van der Waals surface area contributed by atoms with Crippen LogP contribution in [0.15, 0.2) is 79.0 Å². The molecule has 0 fully saturated rings. The lowest BCUT2D eigenvalue weighted by atomic mass is 10.0. The highest BCUT2D eigenvalue weighted by Gasteiger charge is 2.56. The molecule has 3 aromatic carbocycles. The van der Waals surface area contributed by atoms with Crippen molar-refractivity contribution in [3.05, 3.63) is 96.1 Å². The number of fused-ring (bicyclic) bond motifs is 2. The van der Waals surface area contributed by atoms with Crippen molar-refractivity contribution in [2.75, 3.05) is 12.0 Å². The van der Waals surface area contributed by atoms with Crippen LogP contribution in [-0.2, 0) is 20.1 Å². The molecule has 186 valence electrons. The molecule has 1 atom stereocenters. The number of ether oxygens (including phenoxy) is 2. The lowest BCUT2D eigenvalue weighted by Crippen LogP contribution is -2.55. The molecule has 1 aliphatic heterocycles. The SMILES string of the molecule is CCC(=O)OC1(NC(=O)c2cc3ccccc3cn2)C(=O)N(c2ccc(F)cc2)c2ccc(OC)cc21. The summed E-state index contributed by atoms with van der Waals surface area (Å²) in [6.45, 7) is 1.58. The van der Waals surface area contributed by atoms with Gasteiger partial charge in [-0.2, -0.15) is 0 Å². The molecule has 0 aliphatic carbocycles. The van der Waals surface area contributed by atoms with Crippen LogP contribution in [-0.4, -0.2) is 29.9 Å². The van der Waals surface area contributed by atoms with Gasteiger partial charge >= 0.3 is 11.9 Å². The van der Waals surface area contributed by atoms with E-state index in [1.807, 2.05) is 24.3 Å². The minimum atomic E-state index is -2.21. The second kappa shape index (κ2) is 9.34.